The van der Waals surface area contributed by atoms with E-state index in [2.05, 4.69) is 15.2 Å². The first-order valence-corrected chi connectivity index (χ1v) is 7.00. The van der Waals surface area contributed by atoms with Crippen LogP contribution in [0.4, 0.5) is 13.2 Å². The summed E-state index contributed by atoms with van der Waals surface area (Å²) in [6.07, 6.45) is -3.89. The van der Waals surface area contributed by atoms with Crippen LogP contribution < -0.4 is 10.1 Å². The van der Waals surface area contributed by atoms with Gasteiger partial charge in [-0.2, -0.15) is 5.10 Å². The Balaban J connectivity index is 2.03. The maximum atomic E-state index is 12.4. The number of hydrogen-bond acceptors (Lipinski definition) is 3. The standard InChI is InChI=1S/C15H16F3N3O/c1-9-13-12(6-7-19-9)14(21(2)20-13)10-4-3-5-11(8-10)22-15(16,17)18/h3-5,8-9,19H,6-7H2,1-2H3. The average molecular weight is 311 g/mol. The van der Waals surface area contributed by atoms with Crippen molar-refractivity contribution in [3.63, 3.8) is 0 Å². The highest BCUT2D eigenvalue weighted by molar-refractivity contribution is 5.67. The molecule has 2 heterocycles. The first-order chi connectivity index (χ1) is 10.3. The van der Waals surface area contributed by atoms with E-state index in [1.165, 1.54) is 12.1 Å². The molecule has 0 spiro atoms. The first kappa shape index (κ1) is 14.9. The van der Waals surface area contributed by atoms with E-state index in [1.807, 2.05) is 6.92 Å². The Morgan fingerprint density at radius 3 is 2.86 bits per heavy atom. The van der Waals surface area contributed by atoms with E-state index in [1.54, 1.807) is 23.9 Å². The number of aromatic nitrogens is 2. The van der Waals surface area contributed by atoms with Crippen molar-refractivity contribution in [1.29, 1.82) is 0 Å². The molecule has 0 saturated carbocycles. The third kappa shape index (κ3) is 2.81. The van der Waals surface area contributed by atoms with E-state index in [9.17, 15) is 13.2 Å². The van der Waals surface area contributed by atoms with Crippen LogP contribution in [0.3, 0.4) is 0 Å². The van der Waals surface area contributed by atoms with Crippen molar-refractivity contribution in [2.24, 2.45) is 7.05 Å². The van der Waals surface area contributed by atoms with Crippen molar-refractivity contribution in [2.75, 3.05) is 6.54 Å². The van der Waals surface area contributed by atoms with Crippen molar-refractivity contribution in [3.05, 3.63) is 35.5 Å². The highest BCUT2D eigenvalue weighted by Crippen LogP contribution is 2.34. The van der Waals surface area contributed by atoms with Gasteiger partial charge in [-0.25, -0.2) is 0 Å². The van der Waals surface area contributed by atoms with Gasteiger partial charge < -0.3 is 10.1 Å². The largest absolute Gasteiger partial charge is 0.573 e. The Bertz CT molecular complexity index is 694. The summed E-state index contributed by atoms with van der Waals surface area (Å²) in [5.74, 6) is -0.220. The zero-order valence-corrected chi connectivity index (χ0v) is 12.2. The second kappa shape index (κ2) is 5.31. The van der Waals surface area contributed by atoms with Crippen molar-refractivity contribution >= 4 is 0 Å². The smallest absolute Gasteiger partial charge is 0.406 e. The number of nitrogens with zero attached hydrogens (tertiary/aromatic N) is 2. The van der Waals surface area contributed by atoms with Crippen LogP contribution >= 0.6 is 0 Å². The Hall–Kier alpha value is -2.02. The van der Waals surface area contributed by atoms with Crippen LogP contribution in [0, 0.1) is 0 Å². The Kier molecular flexibility index (Phi) is 3.60. The van der Waals surface area contributed by atoms with Crippen molar-refractivity contribution in [1.82, 2.24) is 15.1 Å². The number of aryl methyl sites for hydroxylation is 1. The lowest BCUT2D eigenvalue weighted by Gasteiger charge is -2.19. The Morgan fingerprint density at radius 1 is 1.36 bits per heavy atom. The molecule has 1 aliphatic rings. The van der Waals surface area contributed by atoms with E-state index in [4.69, 9.17) is 0 Å². The molecule has 0 aliphatic carbocycles. The fraction of sp³-hybridized carbons (Fsp3) is 0.400. The first-order valence-electron chi connectivity index (χ1n) is 7.00. The number of rotatable bonds is 2. The average Bonchev–Trinajstić information content (AvgIpc) is 2.75. The maximum Gasteiger partial charge on any atom is 0.573 e. The molecule has 0 saturated heterocycles. The fourth-order valence-electron chi connectivity index (χ4n) is 2.89. The van der Waals surface area contributed by atoms with Crippen molar-refractivity contribution in [2.45, 2.75) is 25.7 Å². The van der Waals surface area contributed by atoms with Gasteiger partial charge in [-0.1, -0.05) is 12.1 Å². The molecule has 1 aromatic heterocycles. The van der Waals surface area contributed by atoms with Crippen LogP contribution in [0.5, 0.6) is 5.75 Å². The molecule has 7 heteroatoms. The fourth-order valence-corrected chi connectivity index (χ4v) is 2.89. The molecule has 0 fully saturated rings. The molecular formula is C15H16F3N3O. The molecule has 0 radical (unpaired) electrons. The van der Waals surface area contributed by atoms with Gasteiger partial charge in [0, 0.05) is 24.2 Å². The zero-order valence-electron chi connectivity index (χ0n) is 12.2. The Labute approximate surface area is 125 Å². The molecule has 0 amide bonds. The normalized spacial score (nSPS) is 18.1. The van der Waals surface area contributed by atoms with E-state index in [0.29, 0.717) is 5.56 Å². The van der Waals surface area contributed by atoms with Gasteiger partial charge in [0.25, 0.3) is 0 Å². The van der Waals surface area contributed by atoms with Crippen LogP contribution in [0.15, 0.2) is 24.3 Å². The van der Waals surface area contributed by atoms with E-state index in [0.717, 1.165) is 29.9 Å². The van der Waals surface area contributed by atoms with Crippen LogP contribution in [0.1, 0.15) is 24.2 Å². The molecule has 3 rings (SSSR count). The van der Waals surface area contributed by atoms with E-state index in [-0.39, 0.29) is 11.8 Å². The number of hydrogen-bond donors (Lipinski definition) is 1. The summed E-state index contributed by atoms with van der Waals surface area (Å²) >= 11 is 0. The summed E-state index contributed by atoms with van der Waals surface area (Å²) < 4.78 is 42.8. The second-order valence-corrected chi connectivity index (χ2v) is 5.34. The third-order valence-electron chi connectivity index (χ3n) is 3.75. The van der Waals surface area contributed by atoms with Gasteiger partial charge in [-0.15, -0.1) is 13.2 Å². The van der Waals surface area contributed by atoms with Gasteiger partial charge in [-0.05, 0) is 32.0 Å². The molecule has 22 heavy (non-hydrogen) atoms. The number of ether oxygens (including phenoxy) is 1. The predicted molar refractivity (Wildman–Crippen MR) is 75.4 cm³/mol. The van der Waals surface area contributed by atoms with Gasteiger partial charge in [0.15, 0.2) is 0 Å². The quantitative estimate of drug-likeness (QED) is 0.926. The third-order valence-corrected chi connectivity index (χ3v) is 3.75. The second-order valence-electron chi connectivity index (χ2n) is 5.34. The molecule has 1 aliphatic heterocycles. The molecule has 4 nitrogen and oxygen atoms in total. The highest BCUT2D eigenvalue weighted by atomic mass is 19.4. The molecular weight excluding hydrogens is 295 g/mol. The van der Waals surface area contributed by atoms with E-state index >= 15 is 0 Å². The van der Waals surface area contributed by atoms with Gasteiger partial charge >= 0.3 is 6.36 Å². The predicted octanol–water partition coefficient (Wildman–Crippen LogP) is 3.19. The van der Waals surface area contributed by atoms with Crippen LogP contribution in [0.2, 0.25) is 0 Å². The molecule has 1 unspecified atom stereocenters. The SMILES string of the molecule is CC1NCCc2c1nn(C)c2-c1cccc(OC(F)(F)F)c1. The summed E-state index contributed by atoms with van der Waals surface area (Å²) in [7, 11) is 1.80. The minimum Gasteiger partial charge on any atom is -0.406 e. The lowest BCUT2D eigenvalue weighted by molar-refractivity contribution is -0.274. The van der Waals surface area contributed by atoms with Gasteiger partial charge in [0.1, 0.15) is 5.75 Å². The zero-order chi connectivity index (χ0) is 15.9. The number of halogens is 3. The monoisotopic (exact) mass is 311 g/mol. The van der Waals surface area contributed by atoms with Crippen LogP contribution in [-0.4, -0.2) is 22.7 Å². The van der Waals surface area contributed by atoms with Crippen LogP contribution in [-0.2, 0) is 13.5 Å². The van der Waals surface area contributed by atoms with E-state index < -0.39 is 6.36 Å². The lowest BCUT2D eigenvalue weighted by atomic mass is 9.97. The van der Waals surface area contributed by atoms with Gasteiger partial charge in [0.05, 0.1) is 11.4 Å². The van der Waals surface area contributed by atoms with Crippen LogP contribution in [0.25, 0.3) is 11.3 Å². The topological polar surface area (TPSA) is 39.1 Å². The van der Waals surface area contributed by atoms with Crippen molar-refractivity contribution in [3.8, 4) is 17.0 Å². The number of fused-ring (bicyclic) bond motifs is 1. The highest BCUT2D eigenvalue weighted by Gasteiger charge is 2.31. The number of alkyl halides is 3. The molecule has 118 valence electrons. The summed E-state index contributed by atoms with van der Waals surface area (Å²) in [5.41, 5.74) is 3.55. The Morgan fingerprint density at radius 2 is 2.14 bits per heavy atom. The van der Waals surface area contributed by atoms with Gasteiger partial charge in [0.2, 0.25) is 0 Å². The molecule has 1 atom stereocenters. The molecule has 0 bridgehead atoms. The minimum atomic E-state index is -4.69. The number of benzene rings is 1. The maximum absolute atomic E-state index is 12.4. The molecule has 2 aromatic rings. The summed E-state index contributed by atoms with van der Waals surface area (Å²) in [4.78, 5) is 0. The number of nitrogens with one attached hydrogen (secondary N) is 1. The summed E-state index contributed by atoms with van der Waals surface area (Å²) in [6.45, 7) is 2.85. The van der Waals surface area contributed by atoms with Gasteiger partial charge in [-0.3, -0.25) is 4.68 Å². The summed E-state index contributed by atoms with van der Waals surface area (Å²) in [6, 6.07) is 6.16. The summed E-state index contributed by atoms with van der Waals surface area (Å²) in [5, 5.41) is 7.83. The van der Waals surface area contributed by atoms with Crippen molar-refractivity contribution < 1.29 is 17.9 Å². The molecule has 1 aromatic carbocycles. The minimum absolute atomic E-state index is 0.137. The lowest BCUT2D eigenvalue weighted by Crippen LogP contribution is -2.27. The molecule has 1 N–H and O–H groups in total.